The lowest BCUT2D eigenvalue weighted by molar-refractivity contribution is 0.215. The molecule has 5 heteroatoms. The van der Waals surface area contributed by atoms with Crippen LogP contribution in [0, 0.1) is 13.8 Å². The molecule has 1 N–H and O–H groups in total. The SMILES string of the molecule is COc1cc(-c2cc(C)c(=O)n(C)c2C)ccc1CN1C[C@@H]2CC1CN2. The number of nitrogens with one attached hydrogen (secondary N) is 1. The van der Waals surface area contributed by atoms with Crippen LogP contribution in [-0.4, -0.2) is 41.8 Å². The van der Waals surface area contributed by atoms with Gasteiger partial charge < -0.3 is 14.6 Å². The molecule has 2 atom stereocenters. The third kappa shape index (κ3) is 2.85. The van der Waals surface area contributed by atoms with Gasteiger partial charge in [-0.3, -0.25) is 9.69 Å². The van der Waals surface area contributed by atoms with Gasteiger partial charge in [0.25, 0.3) is 5.56 Å². The lowest BCUT2D eigenvalue weighted by atomic mass is 10.00. The Bertz CT molecular complexity index is 903. The number of benzene rings is 1. The summed E-state index contributed by atoms with van der Waals surface area (Å²) >= 11 is 0. The maximum Gasteiger partial charge on any atom is 0.253 e. The third-order valence-corrected chi connectivity index (χ3v) is 6.04. The zero-order valence-electron chi connectivity index (χ0n) is 16.0. The molecule has 2 fully saturated rings. The number of ether oxygens (including phenoxy) is 1. The first-order valence-corrected chi connectivity index (χ1v) is 9.30. The van der Waals surface area contributed by atoms with Gasteiger partial charge >= 0.3 is 0 Å². The summed E-state index contributed by atoms with van der Waals surface area (Å²) in [7, 11) is 3.56. The second kappa shape index (κ2) is 6.56. The first kappa shape index (κ1) is 17.3. The van der Waals surface area contributed by atoms with Crippen molar-refractivity contribution in [3.63, 3.8) is 0 Å². The molecule has 3 heterocycles. The van der Waals surface area contributed by atoms with E-state index in [4.69, 9.17) is 4.74 Å². The Hall–Kier alpha value is -2.11. The monoisotopic (exact) mass is 353 g/mol. The summed E-state index contributed by atoms with van der Waals surface area (Å²) in [4.78, 5) is 14.7. The first-order chi connectivity index (χ1) is 12.5. The molecule has 1 aromatic carbocycles. The molecular formula is C21H27N3O2. The Labute approximate surface area is 154 Å². The van der Waals surface area contributed by atoms with Gasteiger partial charge in [-0.05, 0) is 38.0 Å². The Morgan fingerprint density at radius 1 is 1.27 bits per heavy atom. The summed E-state index contributed by atoms with van der Waals surface area (Å²) in [6.07, 6.45) is 1.26. The largest absolute Gasteiger partial charge is 0.496 e. The molecule has 0 saturated carbocycles. The maximum absolute atomic E-state index is 12.1. The fraction of sp³-hybridized carbons (Fsp3) is 0.476. The molecule has 26 heavy (non-hydrogen) atoms. The quantitative estimate of drug-likeness (QED) is 0.916. The number of aromatic nitrogens is 1. The fourth-order valence-electron chi connectivity index (χ4n) is 4.37. The summed E-state index contributed by atoms with van der Waals surface area (Å²) < 4.78 is 7.43. The van der Waals surface area contributed by atoms with Crippen molar-refractivity contribution in [2.45, 2.75) is 38.9 Å². The number of nitrogens with zero attached hydrogens (tertiary/aromatic N) is 2. The normalized spacial score (nSPS) is 22.2. The van der Waals surface area contributed by atoms with Gasteiger partial charge in [-0.1, -0.05) is 12.1 Å². The Balaban J connectivity index is 1.67. The predicted octanol–water partition coefficient (Wildman–Crippen LogP) is 2.22. The van der Waals surface area contributed by atoms with Gasteiger partial charge in [-0.2, -0.15) is 0 Å². The summed E-state index contributed by atoms with van der Waals surface area (Å²) in [5, 5.41) is 3.55. The van der Waals surface area contributed by atoms with E-state index < -0.39 is 0 Å². The molecule has 2 aliphatic heterocycles. The number of piperazine rings is 1. The fourth-order valence-corrected chi connectivity index (χ4v) is 4.37. The van der Waals surface area contributed by atoms with Crippen molar-refractivity contribution < 1.29 is 4.74 Å². The first-order valence-electron chi connectivity index (χ1n) is 9.30. The predicted molar refractivity (Wildman–Crippen MR) is 104 cm³/mol. The van der Waals surface area contributed by atoms with Crippen molar-refractivity contribution in [2.75, 3.05) is 20.2 Å². The Morgan fingerprint density at radius 3 is 2.73 bits per heavy atom. The highest BCUT2D eigenvalue weighted by atomic mass is 16.5. The molecule has 4 rings (SSSR count). The van der Waals surface area contributed by atoms with Crippen LogP contribution in [0.1, 0.15) is 23.2 Å². The van der Waals surface area contributed by atoms with Crippen LogP contribution in [-0.2, 0) is 13.6 Å². The van der Waals surface area contributed by atoms with Gasteiger partial charge in [0, 0.05) is 61.1 Å². The molecule has 0 radical (unpaired) electrons. The van der Waals surface area contributed by atoms with E-state index in [-0.39, 0.29) is 5.56 Å². The highest BCUT2D eigenvalue weighted by molar-refractivity contribution is 5.69. The summed E-state index contributed by atoms with van der Waals surface area (Å²) in [6.45, 7) is 7.01. The highest BCUT2D eigenvalue weighted by Gasteiger charge is 2.37. The van der Waals surface area contributed by atoms with E-state index in [1.165, 1.54) is 12.0 Å². The van der Waals surface area contributed by atoms with E-state index in [1.54, 1.807) is 11.7 Å². The van der Waals surface area contributed by atoms with Crippen LogP contribution in [0.25, 0.3) is 11.1 Å². The topological polar surface area (TPSA) is 46.5 Å². The second-order valence-corrected chi connectivity index (χ2v) is 7.64. The summed E-state index contributed by atoms with van der Waals surface area (Å²) in [5.74, 6) is 0.920. The molecule has 2 aromatic rings. The lowest BCUT2D eigenvalue weighted by Gasteiger charge is -2.28. The number of aryl methyl sites for hydroxylation is 1. The molecular weight excluding hydrogens is 326 g/mol. The molecule has 2 saturated heterocycles. The second-order valence-electron chi connectivity index (χ2n) is 7.64. The van der Waals surface area contributed by atoms with E-state index >= 15 is 0 Å². The minimum absolute atomic E-state index is 0.0625. The minimum atomic E-state index is 0.0625. The lowest BCUT2D eigenvalue weighted by Crippen LogP contribution is -2.43. The maximum atomic E-state index is 12.1. The van der Waals surface area contributed by atoms with Gasteiger partial charge in [0.05, 0.1) is 7.11 Å². The van der Waals surface area contributed by atoms with Crippen LogP contribution in [0.4, 0.5) is 0 Å². The van der Waals surface area contributed by atoms with Crippen LogP contribution < -0.4 is 15.6 Å². The van der Waals surface area contributed by atoms with E-state index in [2.05, 4.69) is 28.4 Å². The highest BCUT2D eigenvalue weighted by Crippen LogP contribution is 2.32. The van der Waals surface area contributed by atoms with Crippen LogP contribution in [0.3, 0.4) is 0 Å². The number of hydrogen-bond donors (Lipinski definition) is 1. The number of methoxy groups -OCH3 is 1. The van der Waals surface area contributed by atoms with Crippen molar-refractivity contribution in [3.05, 3.63) is 51.4 Å². The molecule has 1 aromatic heterocycles. The number of likely N-dealkylation sites (tertiary alicyclic amines) is 1. The average molecular weight is 353 g/mol. The molecule has 5 nitrogen and oxygen atoms in total. The van der Waals surface area contributed by atoms with Gasteiger partial charge in [0.2, 0.25) is 0 Å². The minimum Gasteiger partial charge on any atom is -0.496 e. The zero-order chi connectivity index (χ0) is 18.4. The van der Waals surface area contributed by atoms with Gasteiger partial charge in [-0.15, -0.1) is 0 Å². The Kier molecular flexibility index (Phi) is 4.37. The Morgan fingerprint density at radius 2 is 2.08 bits per heavy atom. The number of fused-ring (bicyclic) bond motifs is 2. The van der Waals surface area contributed by atoms with Crippen molar-refractivity contribution >= 4 is 0 Å². The average Bonchev–Trinajstić information content (AvgIpc) is 3.26. The smallest absolute Gasteiger partial charge is 0.253 e. The number of rotatable bonds is 4. The summed E-state index contributed by atoms with van der Waals surface area (Å²) in [6, 6.07) is 9.72. The molecule has 138 valence electrons. The van der Waals surface area contributed by atoms with Crippen LogP contribution in [0.2, 0.25) is 0 Å². The summed E-state index contributed by atoms with van der Waals surface area (Å²) in [5.41, 5.74) is 5.19. The molecule has 2 bridgehead atoms. The van der Waals surface area contributed by atoms with Gasteiger partial charge in [0.15, 0.2) is 0 Å². The van der Waals surface area contributed by atoms with Crippen LogP contribution >= 0.6 is 0 Å². The zero-order valence-corrected chi connectivity index (χ0v) is 16.0. The van der Waals surface area contributed by atoms with Crippen molar-refractivity contribution in [3.8, 4) is 16.9 Å². The number of pyridine rings is 1. The van der Waals surface area contributed by atoms with Crippen LogP contribution in [0.15, 0.2) is 29.1 Å². The molecule has 0 amide bonds. The van der Waals surface area contributed by atoms with E-state index in [1.807, 2.05) is 27.0 Å². The molecule has 1 unspecified atom stereocenters. The van der Waals surface area contributed by atoms with Crippen molar-refractivity contribution in [2.24, 2.45) is 7.05 Å². The molecule has 0 spiro atoms. The van der Waals surface area contributed by atoms with E-state index in [0.29, 0.717) is 12.1 Å². The molecule has 0 aliphatic carbocycles. The van der Waals surface area contributed by atoms with Crippen LogP contribution in [0.5, 0.6) is 5.75 Å². The van der Waals surface area contributed by atoms with Crippen molar-refractivity contribution in [1.29, 1.82) is 0 Å². The van der Waals surface area contributed by atoms with E-state index in [0.717, 1.165) is 47.8 Å². The number of hydrogen-bond acceptors (Lipinski definition) is 4. The standard InChI is InChI=1S/C21H27N3O2/c1-13-7-19(14(2)23(3)21(13)25)15-5-6-16(20(8-15)26-4)11-24-12-17-9-18(24)10-22-17/h5-8,17-18,22H,9-12H2,1-4H3/t17-,18?/m0/s1. The van der Waals surface area contributed by atoms with E-state index in [9.17, 15) is 4.79 Å². The van der Waals surface area contributed by atoms with Gasteiger partial charge in [-0.25, -0.2) is 0 Å². The van der Waals surface area contributed by atoms with Gasteiger partial charge in [0.1, 0.15) is 5.75 Å². The molecule has 2 aliphatic rings. The third-order valence-electron chi connectivity index (χ3n) is 6.04. The van der Waals surface area contributed by atoms with Crippen molar-refractivity contribution in [1.82, 2.24) is 14.8 Å².